The zero-order valence-electron chi connectivity index (χ0n) is 24.0. The lowest BCUT2D eigenvalue weighted by atomic mass is 10.00. The Morgan fingerprint density at radius 3 is 2.26 bits per heavy atom. The van der Waals surface area contributed by atoms with Crippen LogP contribution in [-0.4, -0.2) is 38.1 Å². The molecule has 1 unspecified atom stereocenters. The second kappa shape index (κ2) is 15.0. The van der Waals surface area contributed by atoms with Crippen LogP contribution in [0.25, 0.3) is 11.1 Å². The maximum atomic E-state index is 13.2. The monoisotopic (exact) mass is 590 g/mol. The zero-order valence-corrected chi connectivity index (χ0v) is 24.8. The number of ketones is 1. The topological polar surface area (TPSA) is 76.7 Å². The Bertz CT molecular complexity index is 1620. The minimum Gasteiger partial charge on any atom is -0.492 e. The molecule has 0 radical (unpaired) electrons. The number of nitrogens with one attached hydrogen (secondary N) is 2. The first kappa shape index (κ1) is 29.8. The van der Waals surface area contributed by atoms with Crippen molar-refractivity contribution in [1.82, 2.24) is 5.32 Å². The molecule has 0 aliphatic rings. The predicted octanol–water partition coefficient (Wildman–Crippen LogP) is 7.01. The molecule has 0 spiro atoms. The van der Waals surface area contributed by atoms with Gasteiger partial charge in [-0.15, -0.1) is 11.3 Å². The molecular weight excluding hydrogens is 556 g/mol. The SMILES string of the molecule is COC(=O)C(Cc1ccc(OCCNCc2sccc2-c2ccccc2)cc1)Nc1ccccc1C(=O)c1ccccc1. The number of hydrogen-bond donors (Lipinski definition) is 2. The van der Waals surface area contributed by atoms with Crippen LogP contribution in [0.4, 0.5) is 5.69 Å². The fourth-order valence-corrected chi connectivity index (χ4v) is 5.69. The van der Waals surface area contributed by atoms with E-state index < -0.39 is 12.0 Å². The number of hydrogen-bond acceptors (Lipinski definition) is 7. The van der Waals surface area contributed by atoms with Gasteiger partial charge in [-0.05, 0) is 52.4 Å². The Hall–Kier alpha value is -4.72. The van der Waals surface area contributed by atoms with Gasteiger partial charge in [0.15, 0.2) is 5.78 Å². The second-order valence-corrected chi connectivity index (χ2v) is 11.0. The van der Waals surface area contributed by atoms with Gasteiger partial charge >= 0.3 is 5.97 Å². The Kier molecular flexibility index (Phi) is 10.4. The summed E-state index contributed by atoms with van der Waals surface area (Å²) in [5.74, 6) is 0.234. The van der Waals surface area contributed by atoms with E-state index in [-0.39, 0.29) is 5.78 Å². The van der Waals surface area contributed by atoms with Crippen molar-refractivity contribution in [2.75, 3.05) is 25.6 Å². The largest absolute Gasteiger partial charge is 0.492 e. The van der Waals surface area contributed by atoms with Crippen LogP contribution >= 0.6 is 11.3 Å². The van der Waals surface area contributed by atoms with E-state index >= 15 is 0 Å². The summed E-state index contributed by atoms with van der Waals surface area (Å²) in [6.45, 7) is 2.03. The van der Waals surface area contributed by atoms with Crippen LogP contribution in [0.15, 0.2) is 121 Å². The van der Waals surface area contributed by atoms with Crippen molar-refractivity contribution in [2.24, 2.45) is 0 Å². The molecule has 7 heteroatoms. The maximum absolute atomic E-state index is 13.2. The molecule has 43 heavy (non-hydrogen) atoms. The Balaban J connectivity index is 1.14. The van der Waals surface area contributed by atoms with Crippen molar-refractivity contribution in [1.29, 1.82) is 0 Å². The van der Waals surface area contributed by atoms with Gasteiger partial charge in [0.2, 0.25) is 0 Å². The summed E-state index contributed by atoms with van der Waals surface area (Å²) in [6, 6.07) is 35.9. The van der Waals surface area contributed by atoms with Crippen LogP contribution in [0.3, 0.4) is 0 Å². The second-order valence-electron chi connectivity index (χ2n) is 9.96. The van der Waals surface area contributed by atoms with Gasteiger partial charge < -0.3 is 20.1 Å². The van der Waals surface area contributed by atoms with Gasteiger partial charge in [0.05, 0.1) is 7.11 Å². The fraction of sp³-hybridized carbons (Fsp3) is 0.167. The van der Waals surface area contributed by atoms with E-state index in [1.54, 1.807) is 35.6 Å². The van der Waals surface area contributed by atoms with Crippen LogP contribution < -0.4 is 15.4 Å². The third-order valence-electron chi connectivity index (χ3n) is 7.05. The smallest absolute Gasteiger partial charge is 0.328 e. The molecule has 1 aromatic heterocycles. The van der Waals surface area contributed by atoms with Gasteiger partial charge in [-0.3, -0.25) is 4.79 Å². The predicted molar refractivity (Wildman–Crippen MR) is 173 cm³/mol. The summed E-state index contributed by atoms with van der Waals surface area (Å²) >= 11 is 1.75. The summed E-state index contributed by atoms with van der Waals surface area (Å²) in [5.41, 5.74) is 5.09. The number of benzene rings is 4. The maximum Gasteiger partial charge on any atom is 0.328 e. The number of anilines is 1. The van der Waals surface area contributed by atoms with Crippen molar-refractivity contribution in [3.63, 3.8) is 0 Å². The molecule has 1 atom stereocenters. The van der Waals surface area contributed by atoms with Gasteiger partial charge in [-0.25, -0.2) is 4.79 Å². The molecule has 0 aliphatic heterocycles. The Labute approximate surface area is 256 Å². The van der Waals surface area contributed by atoms with Crippen molar-refractivity contribution in [3.8, 4) is 16.9 Å². The van der Waals surface area contributed by atoms with Crippen LogP contribution in [-0.2, 0) is 22.5 Å². The average molecular weight is 591 g/mol. The normalized spacial score (nSPS) is 11.5. The molecule has 2 N–H and O–H groups in total. The molecule has 0 bridgehead atoms. The number of para-hydroxylation sites is 1. The molecule has 0 fully saturated rings. The first-order chi connectivity index (χ1) is 21.1. The first-order valence-electron chi connectivity index (χ1n) is 14.2. The number of esters is 1. The molecule has 218 valence electrons. The van der Waals surface area contributed by atoms with Gasteiger partial charge in [0.1, 0.15) is 18.4 Å². The molecule has 1 heterocycles. The highest BCUT2D eigenvalue weighted by molar-refractivity contribution is 7.10. The van der Waals surface area contributed by atoms with Gasteiger partial charge in [-0.2, -0.15) is 0 Å². The highest BCUT2D eigenvalue weighted by atomic mass is 32.1. The minimum absolute atomic E-state index is 0.115. The number of rotatable bonds is 14. The van der Waals surface area contributed by atoms with Crippen molar-refractivity contribution in [2.45, 2.75) is 19.0 Å². The summed E-state index contributed by atoms with van der Waals surface area (Å²) < 4.78 is 11.0. The van der Waals surface area contributed by atoms with E-state index in [4.69, 9.17) is 9.47 Å². The Morgan fingerprint density at radius 2 is 1.51 bits per heavy atom. The van der Waals surface area contributed by atoms with E-state index in [2.05, 4.69) is 46.3 Å². The first-order valence-corrected chi connectivity index (χ1v) is 15.1. The number of thiophene rings is 1. The number of carbonyl (C=O) groups excluding carboxylic acids is 2. The lowest BCUT2D eigenvalue weighted by Crippen LogP contribution is -2.33. The molecule has 0 saturated heterocycles. The highest BCUT2D eigenvalue weighted by Crippen LogP contribution is 2.28. The molecule has 5 rings (SSSR count). The van der Waals surface area contributed by atoms with Crippen LogP contribution in [0.2, 0.25) is 0 Å². The van der Waals surface area contributed by atoms with Gasteiger partial charge in [0.25, 0.3) is 0 Å². The van der Waals surface area contributed by atoms with E-state index in [0.717, 1.165) is 17.9 Å². The van der Waals surface area contributed by atoms with Crippen molar-refractivity contribution in [3.05, 3.63) is 142 Å². The lowest BCUT2D eigenvalue weighted by molar-refractivity contribution is -0.141. The quantitative estimate of drug-likeness (QED) is 0.0823. The number of carbonyl (C=O) groups is 2. The zero-order chi connectivity index (χ0) is 29.9. The lowest BCUT2D eigenvalue weighted by Gasteiger charge is -2.20. The standard InChI is InChI=1S/C36H34N2O4S/c1-41-36(40)33(38-32-15-9-8-14-31(32)35(39)28-12-6-3-7-13-28)24-26-16-18-29(19-17-26)42-22-21-37-25-34-30(20-23-43-34)27-10-4-2-5-11-27/h2-20,23,33,37-38H,21-22,24-25H2,1H3. The molecule has 0 amide bonds. The van der Waals surface area contributed by atoms with E-state index in [9.17, 15) is 9.59 Å². The van der Waals surface area contributed by atoms with Crippen molar-refractivity contribution >= 4 is 28.8 Å². The van der Waals surface area contributed by atoms with E-state index in [0.29, 0.717) is 36.4 Å². The summed E-state index contributed by atoms with van der Waals surface area (Å²) in [6.07, 6.45) is 0.382. The van der Waals surface area contributed by atoms with Crippen LogP contribution in [0.5, 0.6) is 5.75 Å². The Morgan fingerprint density at radius 1 is 0.814 bits per heavy atom. The minimum atomic E-state index is -0.677. The van der Waals surface area contributed by atoms with Gasteiger partial charge in [0, 0.05) is 41.2 Å². The van der Waals surface area contributed by atoms with E-state index in [1.807, 2.05) is 60.7 Å². The van der Waals surface area contributed by atoms with E-state index in [1.165, 1.54) is 23.1 Å². The summed E-state index contributed by atoms with van der Waals surface area (Å²) in [5, 5.41) is 8.85. The number of methoxy groups -OCH3 is 1. The average Bonchev–Trinajstić information content (AvgIpc) is 3.54. The molecule has 4 aromatic carbocycles. The summed E-state index contributed by atoms with van der Waals surface area (Å²) in [4.78, 5) is 27.2. The van der Waals surface area contributed by atoms with Crippen molar-refractivity contribution < 1.29 is 19.1 Å². The molecule has 5 aromatic rings. The van der Waals surface area contributed by atoms with Crippen LogP contribution in [0.1, 0.15) is 26.4 Å². The number of ether oxygens (including phenoxy) is 2. The fourth-order valence-electron chi connectivity index (χ4n) is 4.83. The summed E-state index contributed by atoms with van der Waals surface area (Å²) in [7, 11) is 1.37. The highest BCUT2D eigenvalue weighted by Gasteiger charge is 2.22. The molecule has 0 saturated carbocycles. The molecule has 0 aliphatic carbocycles. The molecule has 6 nitrogen and oxygen atoms in total. The molecular formula is C36H34N2O4S. The third kappa shape index (κ3) is 7.97. The van der Waals surface area contributed by atoms with Crippen LogP contribution in [0, 0.1) is 0 Å². The van der Waals surface area contributed by atoms with Gasteiger partial charge in [-0.1, -0.05) is 84.9 Å². The third-order valence-corrected chi connectivity index (χ3v) is 7.97.